The molecule has 0 aromatic heterocycles. The molecule has 5 heteroatoms. The Morgan fingerprint density at radius 2 is 1.03 bits per heavy atom. The van der Waals surface area contributed by atoms with Crippen molar-refractivity contribution in [1.82, 2.24) is 4.72 Å². The Kier molecular flexibility index (Phi) is 6.28. The highest BCUT2D eigenvalue weighted by Gasteiger charge is 2.27. The maximum absolute atomic E-state index is 13.2. The van der Waals surface area contributed by atoms with E-state index in [2.05, 4.69) is 4.72 Å². The summed E-state index contributed by atoms with van der Waals surface area (Å²) in [6.07, 6.45) is 0. The zero-order valence-corrected chi connectivity index (χ0v) is 17.7. The third kappa shape index (κ3) is 4.91. The van der Waals surface area contributed by atoms with Crippen LogP contribution in [0.1, 0.15) is 23.2 Å². The number of nitrogens with two attached hydrogens (primary N) is 1. The van der Waals surface area contributed by atoms with Crippen molar-refractivity contribution in [3.63, 3.8) is 0 Å². The van der Waals surface area contributed by atoms with Gasteiger partial charge in [-0.25, -0.2) is 13.1 Å². The molecular formula is C26H24N2O2S. The lowest BCUT2D eigenvalue weighted by Gasteiger charge is -2.26. The highest BCUT2D eigenvalue weighted by atomic mass is 32.2. The van der Waals surface area contributed by atoms with Crippen LogP contribution in [0, 0.1) is 0 Å². The summed E-state index contributed by atoms with van der Waals surface area (Å²) in [5, 5.41) is 0. The summed E-state index contributed by atoms with van der Waals surface area (Å²) in [6, 6.07) is 34.5. The molecule has 0 spiro atoms. The molecule has 0 radical (unpaired) electrons. The van der Waals surface area contributed by atoms with Gasteiger partial charge >= 0.3 is 0 Å². The molecule has 0 aliphatic carbocycles. The molecule has 0 amide bonds. The predicted molar refractivity (Wildman–Crippen MR) is 125 cm³/mol. The Bertz CT molecular complexity index is 1210. The summed E-state index contributed by atoms with van der Waals surface area (Å²) in [5.41, 5.74) is 10.2. The number of rotatable bonds is 7. The first-order chi connectivity index (χ1) is 15.0. The van der Waals surface area contributed by atoms with Gasteiger partial charge < -0.3 is 5.73 Å². The summed E-state index contributed by atoms with van der Waals surface area (Å²) >= 11 is 0. The minimum absolute atomic E-state index is 0.202. The van der Waals surface area contributed by atoms with Crippen molar-refractivity contribution >= 4 is 10.0 Å². The SMILES string of the molecule is NC(c1ccccc1)C(NS(=O)(=O)c1ccc(-c2ccccc2)cc1)c1ccccc1. The first-order valence-electron chi connectivity index (χ1n) is 10.1. The lowest BCUT2D eigenvalue weighted by atomic mass is 9.95. The van der Waals surface area contributed by atoms with Crippen molar-refractivity contribution in [3.05, 3.63) is 126 Å². The van der Waals surface area contributed by atoms with Crippen molar-refractivity contribution in [2.24, 2.45) is 5.73 Å². The second kappa shape index (κ2) is 9.27. The largest absolute Gasteiger partial charge is 0.322 e. The summed E-state index contributed by atoms with van der Waals surface area (Å²) in [5.74, 6) is 0. The summed E-state index contributed by atoms with van der Waals surface area (Å²) in [6.45, 7) is 0. The van der Waals surface area contributed by atoms with E-state index in [-0.39, 0.29) is 4.90 Å². The van der Waals surface area contributed by atoms with Gasteiger partial charge in [0.1, 0.15) is 0 Å². The van der Waals surface area contributed by atoms with E-state index in [9.17, 15) is 8.42 Å². The lowest BCUT2D eigenvalue weighted by molar-refractivity contribution is 0.504. The zero-order chi connectivity index (χ0) is 21.7. The minimum Gasteiger partial charge on any atom is -0.322 e. The van der Waals surface area contributed by atoms with E-state index in [0.717, 1.165) is 22.3 Å². The van der Waals surface area contributed by atoms with Crippen molar-refractivity contribution in [1.29, 1.82) is 0 Å². The van der Waals surface area contributed by atoms with E-state index >= 15 is 0 Å². The molecule has 0 aliphatic heterocycles. The second-order valence-electron chi connectivity index (χ2n) is 7.34. The molecule has 4 aromatic carbocycles. The van der Waals surface area contributed by atoms with Gasteiger partial charge in [0, 0.05) is 0 Å². The number of benzene rings is 4. The average molecular weight is 429 g/mol. The second-order valence-corrected chi connectivity index (χ2v) is 9.05. The van der Waals surface area contributed by atoms with Gasteiger partial charge in [0.15, 0.2) is 0 Å². The third-order valence-electron chi connectivity index (χ3n) is 5.26. The highest BCUT2D eigenvalue weighted by Crippen LogP contribution is 2.29. The Morgan fingerprint density at radius 3 is 1.58 bits per heavy atom. The van der Waals surface area contributed by atoms with Crippen molar-refractivity contribution in [2.75, 3.05) is 0 Å². The van der Waals surface area contributed by atoms with E-state index in [1.807, 2.05) is 103 Å². The van der Waals surface area contributed by atoms with E-state index in [0.29, 0.717) is 0 Å². The number of nitrogens with one attached hydrogen (secondary N) is 1. The molecule has 4 rings (SSSR count). The lowest BCUT2D eigenvalue weighted by Crippen LogP contribution is -2.36. The van der Waals surface area contributed by atoms with E-state index in [4.69, 9.17) is 5.73 Å². The van der Waals surface area contributed by atoms with E-state index in [1.165, 1.54) is 0 Å². The van der Waals surface area contributed by atoms with Crippen molar-refractivity contribution < 1.29 is 8.42 Å². The van der Waals surface area contributed by atoms with Crippen LogP contribution in [0.15, 0.2) is 120 Å². The predicted octanol–water partition coefficient (Wildman–Crippen LogP) is 5.07. The fourth-order valence-corrected chi connectivity index (χ4v) is 4.82. The third-order valence-corrected chi connectivity index (χ3v) is 6.71. The number of sulfonamides is 1. The molecule has 0 bridgehead atoms. The van der Waals surface area contributed by atoms with Gasteiger partial charge in [-0.3, -0.25) is 0 Å². The average Bonchev–Trinajstić information content (AvgIpc) is 2.84. The van der Waals surface area contributed by atoms with Gasteiger partial charge in [-0.05, 0) is 34.4 Å². The Hall–Kier alpha value is -3.25. The zero-order valence-electron chi connectivity index (χ0n) is 16.9. The monoisotopic (exact) mass is 428 g/mol. The molecule has 2 atom stereocenters. The molecule has 2 unspecified atom stereocenters. The van der Waals surface area contributed by atoms with Crippen LogP contribution in [0.3, 0.4) is 0 Å². The number of hydrogen-bond donors (Lipinski definition) is 2. The molecule has 0 saturated heterocycles. The van der Waals surface area contributed by atoms with Crippen molar-refractivity contribution in [3.8, 4) is 11.1 Å². The van der Waals surface area contributed by atoms with Crippen LogP contribution >= 0.6 is 0 Å². The van der Waals surface area contributed by atoms with Crippen LogP contribution in [0.2, 0.25) is 0 Å². The van der Waals surface area contributed by atoms with Crippen LogP contribution < -0.4 is 10.5 Å². The maximum atomic E-state index is 13.2. The quantitative estimate of drug-likeness (QED) is 0.431. The van der Waals surface area contributed by atoms with Gasteiger partial charge in [-0.1, -0.05) is 103 Å². The molecule has 156 valence electrons. The Balaban J connectivity index is 1.64. The van der Waals surface area contributed by atoms with Gasteiger partial charge in [0.2, 0.25) is 10.0 Å². The molecule has 4 nitrogen and oxygen atoms in total. The van der Waals surface area contributed by atoms with Gasteiger partial charge in [0.25, 0.3) is 0 Å². The van der Waals surface area contributed by atoms with E-state index in [1.54, 1.807) is 12.1 Å². The molecule has 0 aliphatic rings. The normalized spacial score (nSPS) is 13.5. The molecule has 0 fully saturated rings. The standard InChI is InChI=1S/C26H24N2O2S/c27-25(22-12-6-2-7-13-22)26(23-14-8-3-9-15-23)28-31(29,30)24-18-16-21(17-19-24)20-10-4-1-5-11-20/h1-19,25-26,28H,27H2. The van der Waals surface area contributed by atoms with Crippen LogP contribution in [0.5, 0.6) is 0 Å². The van der Waals surface area contributed by atoms with Gasteiger partial charge in [-0.15, -0.1) is 0 Å². The maximum Gasteiger partial charge on any atom is 0.241 e. The minimum atomic E-state index is -3.79. The summed E-state index contributed by atoms with van der Waals surface area (Å²) in [7, 11) is -3.79. The highest BCUT2D eigenvalue weighted by molar-refractivity contribution is 7.89. The fraction of sp³-hybridized carbons (Fsp3) is 0.0769. The topological polar surface area (TPSA) is 72.2 Å². The van der Waals surface area contributed by atoms with Crippen LogP contribution in [0.25, 0.3) is 11.1 Å². The molecule has 31 heavy (non-hydrogen) atoms. The first kappa shape index (κ1) is 21.0. The van der Waals surface area contributed by atoms with E-state index < -0.39 is 22.1 Å². The smallest absolute Gasteiger partial charge is 0.241 e. The van der Waals surface area contributed by atoms with Crippen LogP contribution in [-0.4, -0.2) is 8.42 Å². The van der Waals surface area contributed by atoms with Crippen LogP contribution in [-0.2, 0) is 10.0 Å². The van der Waals surface area contributed by atoms with Gasteiger partial charge in [-0.2, -0.15) is 0 Å². The first-order valence-corrected chi connectivity index (χ1v) is 11.6. The Labute approximate surface area is 183 Å². The fourth-order valence-electron chi connectivity index (χ4n) is 3.57. The Morgan fingerprint density at radius 1 is 0.581 bits per heavy atom. The molecule has 0 saturated carbocycles. The van der Waals surface area contributed by atoms with Crippen molar-refractivity contribution in [2.45, 2.75) is 17.0 Å². The summed E-state index contributed by atoms with van der Waals surface area (Å²) < 4.78 is 29.3. The van der Waals surface area contributed by atoms with Crippen LogP contribution in [0.4, 0.5) is 0 Å². The molecule has 4 aromatic rings. The molecule has 3 N–H and O–H groups in total. The molecular weight excluding hydrogens is 404 g/mol. The molecule has 0 heterocycles. The summed E-state index contributed by atoms with van der Waals surface area (Å²) in [4.78, 5) is 0.202. The van der Waals surface area contributed by atoms with Gasteiger partial charge in [0.05, 0.1) is 17.0 Å². The number of hydrogen-bond acceptors (Lipinski definition) is 3.